The van der Waals surface area contributed by atoms with Gasteiger partial charge in [0.05, 0.1) is 16.5 Å². The van der Waals surface area contributed by atoms with E-state index >= 15 is 0 Å². The molecule has 1 aromatic carbocycles. The number of nitrogens with zero attached hydrogens (tertiary/aromatic N) is 2. The monoisotopic (exact) mass is 395 g/mol. The zero-order valence-corrected chi connectivity index (χ0v) is 15.3. The highest BCUT2D eigenvalue weighted by Gasteiger charge is 2.26. The number of aromatic nitrogens is 1. The van der Waals surface area contributed by atoms with Crippen LogP contribution in [0.25, 0.3) is 17.3 Å². The highest BCUT2D eigenvalue weighted by Crippen LogP contribution is 2.19. The summed E-state index contributed by atoms with van der Waals surface area (Å²) in [4.78, 5) is 25.6. The smallest absolute Gasteiger partial charge is 0.273 e. The maximum Gasteiger partial charge on any atom is 0.273 e. The minimum Gasteiger partial charge on any atom is -0.465 e. The maximum atomic E-state index is 13.3. The summed E-state index contributed by atoms with van der Waals surface area (Å²) in [5.74, 6) is -0.504. The molecule has 4 rings (SSSR count). The molecule has 0 saturated heterocycles. The van der Waals surface area contributed by atoms with Crippen molar-refractivity contribution < 1.29 is 13.6 Å². The Hall–Kier alpha value is -3.44. The number of furan rings is 1. The van der Waals surface area contributed by atoms with Crippen molar-refractivity contribution in [3.63, 3.8) is 0 Å². The third kappa shape index (κ3) is 3.52. The van der Waals surface area contributed by atoms with Crippen LogP contribution >= 0.6 is 11.3 Å². The average molecular weight is 395 g/mol. The summed E-state index contributed by atoms with van der Waals surface area (Å²) in [6, 6.07) is 10.7. The third-order valence-electron chi connectivity index (χ3n) is 4.19. The van der Waals surface area contributed by atoms with Gasteiger partial charge in [0.1, 0.15) is 22.3 Å². The van der Waals surface area contributed by atoms with Gasteiger partial charge in [-0.2, -0.15) is 5.26 Å². The SMILES string of the molecule is N#C/C(C(=O)NC1CC1)=c1/s/c(=C/c2ccco2)c(=O)n1-c1ccc(F)cc1. The van der Waals surface area contributed by atoms with Crippen molar-refractivity contribution in [1.82, 2.24) is 9.88 Å². The Morgan fingerprint density at radius 1 is 1.32 bits per heavy atom. The lowest BCUT2D eigenvalue weighted by atomic mass is 10.2. The van der Waals surface area contributed by atoms with E-state index in [-0.39, 0.29) is 16.3 Å². The number of carbonyl (C=O) groups is 1. The van der Waals surface area contributed by atoms with Gasteiger partial charge in [0.15, 0.2) is 5.57 Å². The number of nitrogens with one attached hydrogen (secondary N) is 1. The number of carbonyl (C=O) groups excluding carboxylic acids is 1. The fourth-order valence-electron chi connectivity index (χ4n) is 2.66. The van der Waals surface area contributed by atoms with Gasteiger partial charge >= 0.3 is 0 Å². The number of nitriles is 1. The molecule has 8 heteroatoms. The molecule has 1 N–H and O–H groups in total. The molecular weight excluding hydrogens is 381 g/mol. The predicted octanol–water partition coefficient (Wildman–Crippen LogP) is 1.41. The minimum absolute atomic E-state index is 0.0657. The first-order chi connectivity index (χ1) is 13.6. The van der Waals surface area contributed by atoms with Crippen LogP contribution in [0.2, 0.25) is 0 Å². The molecule has 0 radical (unpaired) electrons. The predicted molar refractivity (Wildman–Crippen MR) is 102 cm³/mol. The second-order valence-corrected chi connectivity index (χ2v) is 7.31. The fraction of sp³-hybridized carbons (Fsp3) is 0.150. The van der Waals surface area contributed by atoms with Gasteiger partial charge in [-0.15, -0.1) is 11.3 Å². The number of thiazole rings is 1. The van der Waals surface area contributed by atoms with E-state index in [0.717, 1.165) is 24.2 Å². The molecule has 2 heterocycles. The van der Waals surface area contributed by atoms with Crippen molar-refractivity contribution in [2.45, 2.75) is 18.9 Å². The summed E-state index contributed by atoms with van der Waals surface area (Å²) in [7, 11) is 0. The van der Waals surface area contributed by atoms with Crippen LogP contribution in [0.15, 0.2) is 51.9 Å². The van der Waals surface area contributed by atoms with E-state index < -0.39 is 17.3 Å². The second-order valence-electron chi connectivity index (χ2n) is 6.28. The summed E-state index contributed by atoms with van der Waals surface area (Å²) in [6.45, 7) is 0. The summed E-state index contributed by atoms with van der Waals surface area (Å²) < 4.78 is 20.3. The van der Waals surface area contributed by atoms with Crippen LogP contribution in [0, 0.1) is 17.1 Å². The first-order valence-electron chi connectivity index (χ1n) is 8.55. The van der Waals surface area contributed by atoms with Crippen molar-refractivity contribution in [3.05, 3.63) is 73.8 Å². The second kappa shape index (κ2) is 7.29. The molecule has 1 aliphatic rings. The van der Waals surface area contributed by atoms with Gasteiger partial charge in [-0.05, 0) is 49.2 Å². The molecule has 3 aromatic rings. The molecule has 1 amide bonds. The van der Waals surface area contributed by atoms with E-state index in [0.29, 0.717) is 16.0 Å². The van der Waals surface area contributed by atoms with Gasteiger partial charge in [0.2, 0.25) is 0 Å². The van der Waals surface area contributed by atoms with Gasteiger partial charge < -0.3 is 9.73 Å². The molecule has 0 aliphatic heterocycles. The van der Waals surface area contributed by atoms with Gasteiger partial charge in [-0.25, -0.2) is 4.39 Å². The summed E-state index contributed by atoms with van der Waals surface area (Å²) >= 11 is 1.01. The van der Waals surface area contributed by atoms with E-state index in [4.69, 9.17) is 4.42 Å². The summed E-state index contributed by atoms with van der Waals surface area (Å²) in [6.07, 6.45) is 4.77. The first-order valence-corrected chi connectivity index (χ1v) is 9.37. The van der Waals surface area contributed by atoms with Gasteiger partial charge in [-0.3, -0.25) is 14.2 Å². The number of hydrogen-bond acceptors (Lipinski definition) is 5. The Morgan fingerprint density at radius 2 is 2.07 bits per heavy atom. The molecule has 28 heavy (non-hydrogen) atoms. The molecule has 0 unspecified atom stereocenters. The molecule has 140 valence electrons. The lowest BCUT2D eigenvalue weighted by Gasteiger charge is -2.04. The van der Waals surface area contributed by atoms with Crippen molar-refractivity contribution in [3.8, 4) is 11.8 Å². The topological polar surface area (TPSA) is 88.0 Å². The Balaban J connectivity index is 1.99. The number of hydrogen-bond donors (Lipinski definition) is 1. The van der Waals surface area contributed by atoms with E-state index in [2.05, 4.69) is 5.32 Å². The quantitative estimate of drug-likeness (QED) is 0.724. The number of rotatable bonds is 4. The average Bonchev–Trinajstić information content (AvgIpc) is 3.23. The van der Waals surface area contributed by atoms with E-state index in [1.54, 1.807) is 18.2 Å². The normalized spacial score (nSPS) is 15.2. The van der Waals surface area contributed by atoms with E-state index in [1.807, 2.05) is 6.07 Å². The Labute approximate surface area is 162 Å². The highest BCUT2D eigenvalue weighted by atomic mass is 32.1. The Bertz CT molecular complexity index is 1240. The van der Waals surface area contributed by atoms with Gasteiger partial charge in [-0.1, -0.05) is 0 Å². The minimum atomic E-state index is -0.522. The molecule has 1 aliphatic carbocycles. The molecule has 0 atom stereocenters. The molecule has 1 fully saturated rings. The van der Waals surface area contributed by atoms with Crippen molar-refractivity contribution in [2.75, 3.05) is 0 Å². The van der Waals surface area contributed by atoms with Crippen LogP contribution in [0.3, 0.4) is 0 Å². The van der Waals surface area contributed by atoms with Gasteiger partial charge in [0.25, 0.3) is 11.5 Å². The van der Waals surface area contributed by atoms with Crippen molar-refractivity contribution in [2.24, 2.45) is 0 Å². The van der Waals surface area contributed by atoms with Crippen molar-refractivity contribution >= 4 is 28.9 Å². The molecule has 1 saturated carbocycles. The van der Waals surface area contributed by atoms with Crippen LogP contribution in [-0.4, -0.2) is 16.5 Å². The summed E-state index contributed by atoms with van der Waals surface area (Å²) in [5, 5.41) is 12.4. The Morgan fingerprint density at radius 3 is 2.68 bits per heavy atom. The van der Waals surface area contributed by atoms with Crippen LogP contribution in [0.5, 0.6) is 0 Å². The van der Waals surface area contributed by atoms with Crippen LogP contribution in [0.4, 0.5) is 4.39 Å². The van der Waals surface area contributed by atoms with Crippen LogP contribution in [-0.2, 0) is 4.79 Å². The highest BCUT2D eigenvalue weighted by molar-refractivity contribution is 7.07. The third-order valence-corrected chi connectivity index (χ3v) is 5.28. The molecular formula is C20H14FN3O3S. The Kier molecular flexibility index (Phi) is 4.67. The largest absolute Gasteiger partial charge is 0.465 e. The lowest BCUT2D eigenvalue weighted by molar-refractivity contribution is -0.115. The number of benzene rings is 1. The van der Waals surface area contributed by atoms with E-state index in [1.165, 1.54) is 35.1 Å². The van der Waals surface area contributed by atoms with Gasteiger partial charge in [0, 0.05) is 12.1 Å². The zero-order valence-electron chi connectivity index (χ0n) is 14.5. The van der Waals surface area contributed by atoms with E-state index in [9.17, 15) is 19.2 Å². The van der Waals surface area contributed by atoms with Crippen LogP contribution < -0.4 is 20.1 Å². The van der Waals surface area contributed by atoms with Crippen LogP contribution in [0.1, 0.15) is 18.6 Å². The molecule has 0 spiro atoms. The number of amides is 1. The maximum absolute atomic E-state index is 13.3. The first kappa shape index (κ1) is 17.9. The number of halogens is 1. The molecule has 2 aromatic heterocycles. The molecule has 6 nitrogen and oxygen atoms in total. The zero-order chi connectivity index (χ0) is 19.7. The van der Waals surface area contributed by atoms with Crippen molar-refractivity contribution in [1.29, 1.82) is 5.26 Å². The standard InChI is InChI=1S/C20H14FN3O3S/c21-12-3-7-14(8-4-12)24-19(26)17(10-15-2-1-9-27-15)28-20(24)16(11-22)18(25)23-13-5-6-13/h1-4,7-10,13H,5-6H2,(H,23,25)/b17-10+,20-16-. The molecule has 0 bridgehead atoms. The summed E-state index contributed by atoms with van der Waals surface area (Å²) in [5.41, 5.74) is -0.212. The lowest BCUT2D eigenvalue weighted by Crippen LogP contribution is -2.34. The fourth-order valence-corrected chi connectivity index (χ4v) is 3.74.